The molecule has 1 aliphatic carbocycles. The Labute approximate surface area is 145 Å². The van der Waals surface area contributed by atoms with Crippen LogP contribution in [0.5, 0.6) is 5.75 Å². The van der Waals surface area contributed by atoms with E-state index in [0.29, 0.717) is 25.1 Å². The molecule has 1 saturated carbocycles. The number of nitrogens with one attached hydrogen (secondary N) is 1. The topological polar surface area (TPSA) is 75.0 Å². The first-order chi connectivity index (χ1) is 11.7. The van der Waals surface area contributed by atoms with E-state index in [2.05, 4.69) is 16.4 Å². The SMILES string of the molecule is CCOc1ccc(-c2nc(C(=O)NC3(C#N)CCCC3)cs2)cc1. The Bertz CT molecular complexity index is 755. The fraction of sp³-hybridized carbons (Fsp3) is 0.389. The minimum absolute atomic E-state index is 0.271. The number of ether oxygens (including phenoxy) is 1. The van der Waals surface area contributed by atoms with Crippen molar-refractivity contribution in [3.05, 3.63) is 35.3 Å². The van der Waals surface area contributed by atoms with Gasteiger partial charge in [-0.15, -0.1) is 11.3 Å². The second-order valence-corrected chi connectivity index (χ2v) is 6.71. The zero-order chi connectivity index (χ0) is 17.0. The fourth-order valence-corrected chi connectivity index (χ4v) is 3.70. The maximum Gasteiger partial charge on any atom is 0.272 e. The van der Waals surface area contributed by atoms with Gasteiger partial charge in [-0.05, 0) is 56.9 Å². The van der Waals surface area contributed by atoms with E-state index in [1.54, 1.807) is 5.38 Å². The van der Waals surface area contributed by atoms with Gasteiger partial charge in [-0.3, -0.25) is 4.79 Å². The number of nitrogens with zero attached hydrogens (tertiary/aromatic N) is 2. The third-order valence-electron chi connectivity index (χ3n) is 4.17. The first-order valence-electron chi connectivity index (χ1n) is 8.08. The number of aromatic nitrogens is 1. The van der Waals surface area contributed by atoms with E-state index >= 15 is 0 Å². The van der Waals surface area contributed by atoms with Crippen LogP contribution in [0.3, 0.4) is 0 Å². The summed E-state index contributed by atoms with van der Waals surface area (Å²) >= 11 is 1.42. The molecule has 124 valence electrons. The van der Waals surface area contributed by atoms with Gasteiger partial charge in [-0.1, -0.05) is 0 Å². The standard InChI is InChI=1S/C18H19N3O2S/c1-2-23-14-7-5-13(6-8-14)17-20-15(11-24-17)16(22)21-18(12-19)9-3-4-10-18/h5-8,11H,2-4,9-10H2,1H3,(H,21,22). The summed E-state index contributed by atoms with van der Waals surface area (Å²) in [7, 11) is 0. The Hall–Kier alpha value is -2.39. The molecule has 5 nitrogen and oxygen atoms in total. The molecule has 0 radical (unpaired) electrons. The van der Waals surface area contributed by atoms with Crippen molar-refractivity contribution >= 4 is 17.2 Å². The van der Waals surface area contributed by atoms with Crippen molar-refractivity contribution in [1.82, 2.24) is 10.3 Å². The monoisotopic (exact) mass is 341 g/mol. The second kappa shape index (κ2) is 7.02. The molecule has 0 bridgehead atoms. The van der Waals surface area contributed by atoms with Crippen LogP contribution in [0, 0.1) is 11.3 Å². The highest BCUT2D eigenvalue weighted by molar-refractivity contribution is 7.13. The van der Waals surface area contributed by atoms with Crippen molar-refractivity contribution in [2.75, 3.05) is 6.61 Å². The molecule has 0 aliphatic heterocycles. The second-order valence-electron chi connectivity index (χ2n) is 5.85. The molecule has 1 aromatic heterocycles. The van der Waals surface area contributed by atoms with E-state index in [0.717, 1.165) is 29.2 Å². The number of carbonyl (C=O) groups excluding carboxylic acids is 1. The van der Waals surface area contributed by atoms with Crippen LogP contribution in [0.1, 0.15) is 43.1 Å². The fourth-order valence-electron chi connectivity index (χ4n) is 2.90. The van der Waals surface area contributed by atoms with Crippen LogP contribution >= 0.6 is 11.3 Å². The predicted molar refractivity (Wildman–Crippen MR) is 93.0 cm³/mol. The summed E-state index contributed by atoms with van der Waals surface area (Å²) in [5.41, 5.74) is 0.587. The van der Waals surface area contributed by atoms with Crippen LogP contribution in [0.15, 0.2) is 29.6 Å². The largest absolute Gasteiger partial charge is 0.494 e. The van der Waals surface area contributed by atoms with Gasteiger partial charge in [0.1, 0.15) is 22.0 Å². The molecule has 6 heteroatoms. The maximum atomic E-state index is 12.4. The number of thiazole rings is 1. The number of carbonyl (C=O) groups is 1. The van der Waals surface area contributed by atoms with Crippen LogP contribution in [-0.4, -0.2) is 23.0 Å². The van der Waals surface area contributed by atoms with Crippen molar-refractivity contribution < 1.29 is 9.53 Å². The van der Waals surface area contributed by atoms with Crippen molar-refractivity contribution in [3.8, 4) is 22.4 Å². The van der Waals surface area contributed by atoms with Crippen LogP contribution in [0.4, 0.5) is 0 Å². The number of hydrogen-bond donors (Lipinski definition) is 1. The number of nitriles is 1. The van der Waals surface area contributed by atoms with Gasteiger partial charge in [-0.25, -0.2) is 4.98 Å². The van der Waals surface area contributed by atoms with Gasteiger partial charge in [0.15, 0.2) is 0 Å². The Morgan fingerprint density at radius 1 is 1.38 bits per heavy atom. The molecule has 24 heavy (non-hydrogen) atoms. The molecule has 1 fully saturated rings. The average Bonchev–Trinajstić information content (AvgIpc) is 3.26. The average molecular weight is 341 g/mol. The quantitative estimate of drug-likeness (QED) is 0.898. The summed E-state index contributed by atoms with van der Waals surface area (Å²) in [6.45, 7) is 2.57. The van der Waals surface area contributed by atoms with Crippen LogP contribution < -0.4 is 10.1 Å². The lowest BCUT2D eigenvalue weighted by atomic mass is 10.00. The molecule has 0 saturated heterocycles. The lowest BCUT2D eigenvalue weighted by Crippen LogP contribution is -2.45. The van der Waals surface area contributed by atoms with Crippen molar-refractivity contribution in [2.45, 2.75) is 38.1 Å². The van der Waals surface area contributed by atoms with Gasteiger partial charge < -0.3 is 10.1 Å². The van der Waals surface area contributed by atoms with Crippen LogP contribution in [0.25, 0.3) is 10.6 Å². The normalized spacial score (nSPS) is 15.7. The summed E-state index contributed by atoms with van der Waals surface area (Å²) in [5, 5.41) is 14.8. The molecule has 0 spiro atoms. The Morgan fingerprint density at radius 2 is 2.08 bits per heavy atom. The lowest BCUT2D eigenvalue weighted by Gasteiger charge is -2.21. The van der Waals surface area contributed by atoms with Crippen LogP contribution in [0.2, 0.25) is 0 Å². The zero-order valence-electron chi connectivity index (χ0n) is 13.5. The summed E-state index contributed by atoms with van der Waals surface area (Å²) in [4.78, 5) is 16.8. The Kier molecular flexibility index (Phi) is 4.81. The van der Waals surface area contributed by atoms with Gasteiger partial charge in [-0.2, -0.15) is 5.26 Å². The highest BCUT2D eigenvalue weighted by Crippen LogP contribution is 2.30. The van der Waals surface area contributed by atoms with E-state index in [4.69, 9.17) is 4.74 Å². The molecule has 3 rings (SSSR count). The predicted octanol–water partition coefficient (Wildman–Crippen LogP) is 3.77. The van der Waals surface area contributed by atoms with Gasteiger partial charge >= 0.3 is 0 Å². The van der Waals surface area contributed by atoms with E-state index in [-0.39, 0.29) is 5.91 Å². The first kappa shape index (κ1) is 16.5. The molecule has 1 N–H and O–H groups in total. The van der Waals surface area contributed by atoms with Crippen molar-refractivity contribution in [1.29, 1.82) is 5.26 Å². The van der Waals surface area contributed by atoms with Gasteiger partial charge in [0, 0.05) is 10.9 Å². The molecule has 1 amide bonds. The van der Waals surface area contributed by atoms with E-state index in [1.807, 2.05) is 31.2 Å². The van der Waals surface area contributed by atoms with Crippen LogP contribution in [-0.2, 0) is 0 Å². The number of amides is 1. The van der Waals surface area contributed by atoms with Gasteiger partial charge in [0.05, 0.1) is 12.7 Å². The highest BCUT2D eigenvalue weighted by Gasteiger charge is 2.36. The van der Waals surface area contributed by atoms with E-state index in [1.165, 1.54) is 11.3 Å². The first-order valence-corrected chi connectivity index (χ1v) is 8.96. The number of benzene rings is 1. The third-order valence-corrected chi connectivity index (χ3v) is 5.06. The molecule has 2 aromatic rings. The highest BCUT2D eigenvalue weighted by atomic mass is 32.1. The lowest BCUT2D eigenvalue weighted by molar-refractivity contribution is 0.0916. The molecular formula is C18H19N3O2S. The smallest absolute Gasteiger partial charge is 0.272 e. The van der Waals surface area contributed by atoms with Gasteiger partial charge in [0.25, 0.3) is 5.91 Å². The van der Waals surface area contributed by atoms with E-state index < -0.39 is 5.54 Å². The summed E-state index contributed by atoms with van der Waals surface area (Å²) in [6.07, 6.45) is 3.38. The minimum atomic E-state index is -0.722. The summed E-state index contributed by atoms with van der Waals surface area (Å²) in [6, 6.07) is 9.91. The number of rotatable bonds is 5. The molecule has 1 aliphatic rings. The molecule has 1 aromatic carbocycles. The van der Waals surface area contributed by atoms with Gasteiger partial charge in [0.2, 0.25) is 0 Å². The summed E-state index contributed by atoms with van der Waals surface area (Å²) in [5.74, 6) is 0.542. The van der Waals surface area contributed by atoms with Crippen molar-refractivity contribution in [2.24, 2.45) is 0 Å². The summed E-state index contributed by atoms with van der Waals surface area (Å²) < 4.78 is 5.43. The number of hydrogen-bond acceptors (Lipinski definition) is 5. The molecular weight excluding hydrogens is 322 g/mol. The minimum Gasteiger partial charge on any atom is -0.494 e. The van der Waals surface area contributed by atoms with Crippen molar-refractivity contribution in [3.63, 3.8) is 0 Å². The molecule has 1 heterocycles. The molecule has 0 atom stereocenters. The zero-order valence-corrected chi connectivity index (χ0v) is 14.4. The third kappa shape index (κ3) is 3.41. The Balaban J connectivity index is 1.73. The maximum absolute atomic E-state index is 12.4. The Morgan fingerprint density at radius 3 is 2.71 bits per heavy atom. The van der Waals surface area contributed by atoms with E-state index in [9.17, 15) is 10.1 Å². The molecule has 0 unspecified atom stereocenters.